The summed E-state index contributed by atoms with van der Waals surface area (Å²) in [5, 5.41) is 0. The van der Waals surface area contributed by atoms with Crippen LogP contribution in [-0.4, -0.2) is 68.3 Å². The van der Waals surface area contributed by atoms with Gasteiger partial charge >= 0.3 is 0 Å². The van der Waals surface area contributed by atoms with Gasteiger partial charge in [0, 0.05) is 38.8 Å². The van der Waals surface area contributed by atoms with Crippen LogP contribution in [0.5, 0.6) is 0 Å². The number of hydrogen-bond acceptors (Lipinski definition) is 4. The van der Waals surface area contributed by atoms with Crippen molar-refractivity contribution in [3.63, 3.8) is 0 Å². The van der Waals surface area contributed by atoms with Crippen LogP contribution >= 0.6 is 24.8 Å². The number of ether oxygens (including phenoxy) is 1. The number of nitrogens with zero attached hydrogens (tertiary/aromatic N) is 2. The fraction of sp³-hybridized carbons (Fsp3) is 1.00. The molecule has 2 fully saturated rings. The van der Waals surface area contributed by atoms with Gasteiger partial charge in [0.1, 0.15) is 0 Å². The van der Waals surface area contributed by atoms with Gasteiger partial charge in [0.2, 0.25) is 0 Å². The largest absolute Gasteiger partial charge is 0.379 e. The van der Waals surface area contributed by atoms with E-state index in [4.69, 9.17) is 10.5 Å². The molecule has 0 aromatic rings. The molecule has 0 aliphatic carbocycles. The third-order valence-corrected chi connectivity index (χ3v) is 3.89. The van der Waals surface area contributed by atoms with E-state index in [9.17, 15) is 0 Å². The van der Waals surface area contributed by atoms with Gasteiger partial charge in [-0.1, -0.05) is 0 Å². The van der Waals surface area contributed by atoms with Gasteiger partial charge in [0.25, 0.3) is 0 Å². The van der Waals surface area contributed by atoms with Crippen molar-refractivity contribution in [2.45, 2.75) is 19.4 Å². The third kappa shape index (κ3) is 5.59. The summed E-state index contributed by atoms with van der Waals surface area (Å²) in [4.78, 5) is 5.06. The molecule has 2 heterocycles. The van der Waals surface area contributed by atoms with Crippen LogP contribution in [0, 0.1) is 5.92 Å². The Balaban J connectivity index is 0.00000144. The lowest BCUT2D eigenvalue weighted by Gasteiger charge is -2.28. The fourth-order valence-corrected chi connectivity index (χ4v) is 2.60. The predicted molar refractivity (Wildman–Crippen MR) is 80.0 cm³/mol. The van der Waals surface area contributed by atoms with E-state index in [0.29, 0.717) is 12.0 Å². The molecule has 2 aliphatic heterocycles. The maximum absolute atomic E-state index is 5.95. The van der Waals surface area contributed by atoms with Crippen molar-refractivity contribution < 1.29 is 4.74 Å². The molecule has 2 N–H and O–H groups in total. The summed E-state index contributed by atoms with van der Waals surface area (Å²) in [6.07, 6.45) is 1.28. The Labute approximate surface area is 123 Å². The Kier molecular flexibility index (Phi) is 9.56. The molecule has 0 radical (unpaired) electrons. The van der Waals surface area contributed by atoms with E-state index in [-0.39, 0.29) is 24.8 Å². The summed E-state index contributed by atoms with van der Waals surface area (Å²) in [6, 6.07) is 0.355. The molecule has 18 heavy (non-hydrogen) atoms. The number of hydrogen-bond donors (Lipinski definition) is 1. The average Bonchev–Trinajstić information content (AvgIpc) is 2.76. The van der Waals surface area contributed by atoms with Gasteiger partial charge < -0.3 is 15.4 Å². The van der Waals surface area contributed by atoms with Crippen molar-refractivity contribution in [2.24, 2.45) is 11.7 Å². The smallest absolute Gasteiger partial charge is 0.0594 e. The van der Waals surface area contributed by atoms with Gasteiger partial charge in [-0.05, 0) is 25.8 Å². The average molecular weight is 300 g/mol. The minimum Gasteiger partial charge on any atom is -0.379 e. The van der Waals surface area contributed by atoms with E-state index in [1.807, 2.05) is 0 Å². The zero-order chi connectivity index (χ0) is 11.4. The third-order valence-electron chi connectivity index (χ3n) is 3.89. The molecule has 0 amide bonds. The first kappa shape index (κ1) is 18.4. The standard InChI is InChI=1S/C12H25N3O.2ClH/c1-11(13)12-2-3-15(10-12)5-4-14-6-8-16-9-7-14;;/h11-12H,2-10,13H2,1H3;2*1H. The summed E-state index contributed by atoms with van der Waals surface area (Å²) >= 11 is 0. The molecule has 2 saturated heterocycles. The molecule has 0 aromatic carbocycles. The molecule has 2 atom stereocenters. The van der Waals surface area contributed by atoms with Gasteiger partial charge in [-0.15, -0.1) is 24.8 Å². The summed E-state index contributed by atoms with van der Waals surface area (Å²) in [6.45, 7) is 11.0. The quantitative estimate of drug-likeness (QED) is 0.835. The number of likely N-dealkylation sites (tertiary alicyclic amines) is 1. The van der Waals surface area contributed by atoms with Crippen molar-refractivity contribution in [3.05, 3.63) is 0 Å². The molecular weight excluding hydrogens is 273 g/mol. The lowest BCUT2D eigenvalue weighted by Crippen LogP contribution is -2.41. The first-order valence-electron chi connectivity index (χ1n) is 6.54. The van der Waals surface area contributed by atoms with Crippen LogP contribution in [0.4, 0.5) is 0 Å². The molecule has 0 saturated carbocycles. The SMILES string of the molecule is CC(N)C1CCN(CCN2CCOCC2)C1.Cl.Cl. The molecule has 0 aromatic heterocycles. The number of nitrogens with two attached hydrogens (primary N) is 1. The number of halogens is 2. The first-order chi connectivity index (χ1) is 7.75. The Morgan fingerprint density at radius 3 is 2.28 bits per heavy atom. The molecule has 0 spiro atoms. The molecule has 2 rings (SSSR count). The second-order valence-electron chi connectivity index (χ2n) is 5.16. The van der Waals surface area contributed by atoms with Crippen LogP contribution in [0.15, 0.2) is 0 Å². The predicted octanol–water partition coefficient (Wildman–Crippen LogP) is 0.831. The van der Waals surface area contributed by atoms with E-state index < -0.39 is 0 Å². The van der Waals surface area contributed by atoms with E-state index in [1.54, 1.807) is 0 Å². The number of morpholine rings is 1. The summed E-state index contributed by atoms with van der Waals surface area (Å²) in [7, 11) is 0. The second-order valence-corrected chi connectivity index (χ2v) is 5.16. The zero-order valence-corrected chi connectivity index (χ0v) is 12.8. The topological polar surface area (TPSA) is 41.7 Å². The summed E-state index contributed by atoms with van der Waals surface area (Å²) in [5.41, 5.74) is 5.95. The Morgan fingerprint density at radius 2 is 1.72 bits per heavy atom. The lowest BCUT2D eigenvalue weighted by molar-refractivity contribution is 0.0342. The van der Waals surface area contributed by atoms with E-state index in [0.717, 1.165) is 26.3 Å². The maximum Gasteiger partial charge on any atom is 0.0594 e. The molecule has 110 valence electrons. The highest BCUT2D eigenvalue weighted by Gasteiger charge is 2.25. The van der Waals surface area contributed by atoms with Crippen molar-refractivity contribution >= 4 is 24.8 Å². The van der Waals surface area contributed by atoms with E-state index in [1.165, 1.54) is 32.6 Å². The van der Waals surface area contributed by atoms with Crippen LogP contribution in [0.25, 0.3) is 0 Å². The molecule has 2 aliphatic rings. The van der Waals surface area contributed by atoms with Crippen LogP contribution in [0.1, 0.15) is 13.3 Å². The Hall–Kier alpha value is 0.420. The van der Waals surface area contributed by atoms with Gasteiger partial charge in [-0.2, -0.15) is 0 Å². The van der Waals surface area contributed by atoms with Gasteiger partial charge in [-0.25, -0.2) is 0 Å². The monoisotopic (exact) mass is 299 g/mol. The van der Waals surface area contributed by atoms with E-state index in [2.05, 4.69) is 16.7 Å². The van der Waals surface area contributed by atoms with Crippen LogP contribution < -0.4 is 5.73 Å². The number of rotatable bonds is 4. The Morgan fingerprint density at radius 1 is 1.11 bits per heavy atom. The van der Waals surface area contributed by atoms with Gasteiger partial charge in [-0.3, -0.25) is 4.90 Å². The van der Waals surface area contributed by atoms with Crippen LogP contribution in [0.2, 0.25) is 0 Å². The lowest BCUT2D eigenvalue weighted by atomic mass is 10.0. The first-order valence-corrected chi connectivity index (χ1v) is 6.54. The summed E-state index contributed by atoms with van der Waals surface area (Å²) < 4.78 is 5.35. The van der Waals surface area contributed by atoms with Gasteiger partial charge in [0.05, 0.1) is 13.2 Å². The molecule has 6 heteroatoms. The van der Waals surface area contributed by atoms with Crippen molar-refractivity contribution in [3.8, 4) is 0 Å². The highest BCUT2D eigenvalue weighted by atomic mass is 35.5. The minimum atomic E-state index is 0. The molecule has 2 unspecified atom stereocenters. The molecular formula is C12H27Cl2N3O. The van der Waals surface area contributed by atoms with Crippen LogP contribution in [0.3, 0.4) is 0 Å². The molecule has 4 nitrogen and oxygen atoms in total. The zero-order valence-electron chi connectivity index (χ0n) is 11.2. The normalized spacial score (nSPS) is 27.3. The minimum absolute atomic E-state index is 0. The van der Waals surface area contributed by atoms with Crippen molar-refractivity contribution in [1.82, 2.24) is 9.80 Å². The van der Waals surface area contributed by atoms with Crippen molar-refractivity contribution in [2.75, 3.05) is 52.5 Å². The highest BCUT2D eigenvalue weighted by Crippen LogP contribution is 2.18. The fourth-order valence-electron chi connectivity index (χ4n) is 2.60. The second kappa shape index (κ2) is 9.34. The van der Waals surface area contributed by atoms with E-state index >= 15 is 0 Å². The van der Waals surface area contributed by atoms with Gasteiger partial charge in [0.15, 0.2) is 0 Å². The molecule has 0 bridgehead atoms. The Bertz CT molecular complexity index is 213. The summed E-state index contributed by atoms with van der Waals surface area (Å²) in [5.74, 6) is 0.713. The maximum atomic E-state index is 5.95. The van der Waals surface area contributed by atoms with Crippen LogP contribution in [-0.2, 0) is 4.74 Å². The highest BCUT2D eigenvalue weighted by molar-refractivity contribution is 5.85. The van der Waals surface area contributed by atoms with Crippen molar-refractivity contribution in [1.29, 1.82) is 0 Å².